The molecule has 8 nitrogen and oxygen atoms in total. The first-order valence-electron chi connectivity index (χ1n) is 8.93. The molecule has 1 N–H and O–H groups in total. The zero-order valence-corrected chi connectivity index (χ0v) is 16.6. The third kappa shape index (κ3) is 3.64. The number of pyridine rings is 1. The fourth-order valence-corrected chi connectivity index (χ4v) is 3.75. The molecule has 4 heterocycles. The van der Waals surface area contributed by atoms with Gasteiger partial charge >= 0.3 is 0 Å². The van der Waals surface area contributed by atoms with Crippen molar-refractivity contribution < 1.29 is 0 Å². The van der Waals surface area contributed by atoms with Gasteiger partial charge in [0.2, 0.25) is 0 Å². The predicted octanol–water partition coefficient (Wildman–Crippen LogP) is 3.67. The van der Waals surface area contributed by atoms with Crippen LogP contribution in [0, 0.1) is 22.7 Å². The number of nitrogens with zero attached hydrogens (tertiary/aromatic N) is 7. The Morgan fingerprint density at radius 2 is 2.03 bits per heavy atom. The highest BCUT2D eigenvalue weighted by Crippen LogP contribution is 2.33. The number of aromatic nitrogens is 5. The zero-order chi connectivity index (χ0) is 20.4. The minimum atomic E-state index is 0.205. The number of fused-ring (bicyclic) bond motifs is 1. The molecule has 0 aromatic carbocycles. The van der Waals surface area contributed by atoms with Crippen molar-refractivity contribution in [1.29, 1.82) is 10.5 Å². The van der Waals surface area contributed by atoms with E-state index in [1.165, 1.54) is 17.5 Å². The van der Waals surface area contributed by atoms with Crippen LogP contribution < -0.4 is 5.32 Å². The number of nitriles is 2. The summed E-state index contributed by atoms with van der Waals surface area (Å²) >= 11 is 1.39. The molecular formula is C20H16N8S. The quantitative estimate of drug-likeness (QED) is 0.543. The second kappa shape index (κ2) is 7.66. The molecule has 0 aliphatic heterocycles. The van der Waals surface area contributed by atoms with Crippen molar-refractivity contribution in [3.63, 3.8) is 0 Å². The molecule has 142 valence electrons. The van der Waals surface area contributed by atoms with Crippen molar-refractivity contribution in [3.8, 4) is 34.1 Å². The lowest BCUT2D eigenvalue weighted by molar-refractivity contribution is 0.898. The molecule has 4 aromatic rings. The van der Waals surface area contributed by atoms with Crippen LogP contribution >= 0.6 is 11.3 Å². The van der Waals surface area contributed by atoms with Crippen molar-refractivity contribution in [2.24, 2.45) is 0 Å². The summed E-state index contributed by atoms with van der Waals surface area (Å²) in [6.07, 6.45) is 3.54. The summed E-state index contributed by atoms with van der Waals surface area (Å²) in [5.74, 6) is 0. The molecule has 0 bridgehead atoms. The maximum Gasteiger partial charge on any atom is 0.151 e. The Hall–Kier alpha value is -3.82. The Balaban J connectivity index is 1.80. The summed E-state index contributed by atoms with van der Waals surface area (Å²) in [4.78, 5) is 4.62. The van der Waals surface area contributed by atoms with E-state index < -0.39 is 0 Å². The van der Waals surface area contributed by atoms with Crippen molar-refractivity contribution >= 4 is 22.5 Å². The molecule has 0 spiro atoms. The van der Waals surface area contributed by atoms with Crippen molar-refractivity contribution in [1.82, 2.24) is 24.8 Å². The summed E-state index contributed by atoms with van der Waals surface area (Å²) < 4.78 is 1.76. The van der Waals surface area contributed by atoms with Gasteiger partial charge in [-0.05, 0) is 38.1 Å². The van der Waals surface area contributed by atoms with Gasteiger partial charge in [-0.2, -0.15) is 15.6 Å². The Labute approximate surface area is 171 Å². The summed E-state index contributed by atoms with van der Waals surface area (Å²) in [5.41, 5.74) is 4.63. The lowest BCUT2D eigenvalue weighted by Gasteiger charge is -2.14. The molecule has 0 saturated carbocycles. The maximum absolute atomic E-state index is 9.07. The number of rotatable bonds is 5. The van der Waals surface area contributed by atoms with Crippen LogP contribution in [-0.4, -0.2) is 30.8 Å². The fraction of sp³-hybridized carbons (Fsp3) is 0.200. The van der Waals surface area contributed by atoms with Gasteiger partial charge in [-0.15, -0.1) is 10.2 Å². The molecule has 0 atom stereocenters. The molecule has 9 heteroatoms. The smallest absolute Gasteiger partial charge is 0.151 e. The second-order valence-electron chi connectivity index (χ2n) is 6.66. The van der Waals surface area contributed by atoms with Crippen LogP contribution in [0.4, 0.5) is 5.69 Å². The minimum absolute atomic E-state index is 0.205. The van der Waals surface area contributed by atoms with Crippen LogP contribution in [0.5, 0.6) is 0 Å². The van der Waals surface area contributed by atoms with E-state index in [1.807, 2.05) is 18.2 Å². The van der Waals surface area contributed by atoms with Crippen LogP contribution in [0.25, 0.3) is 27.5 Å². The van der Waals surface area contributed by atoms with E-state index in [0.29, 0.717) is 15.6 Å². The maximum atomic E-state index is 9.07. The molecule has 0 fully saturated rings. The molecule has 0 amide bonds. The van der Waals surface area contributed by atoms with Gasteiger partial charge in [0.15, 0.2) is 5.01 Å². The second-order valence-corrected chi connectivity index (χ2v) is 7.72. The first-order valence-corrected chi connectivity index (χ1v) is 9.75. The zero-order valence-electron chi connectivity index (χ0n) is 15.8. The highest BCUT2D eigenvalue weighted by atomic mass is 32.1. The molecule has 0 unspecified atom stereocenters. The molecular weight excluding hydrogens is 384 g/mol. The summed E-state index contributed by atoms with van der Waals surface area (Å²) in [6, 6.07) is 12.0. The number of hydrogen-bond donors (Lipinski definition) is 1. The van der Waals surface area contributed by atoms with Crippen molar-refractivity contribution in [2.45, 2.75) is 26.3 Å². The Bertz CT molecular complexity index is 1270. The first-order chi connectivity index (χ1) is 14.1. The third-order valence-electron chi connectivity index (χ3n) is 4.17. The molecule has 4 rings (SSSR count). The fourth-order valence-electron chi connectivity index (χ4n) is 2.95. The van der Waals surface area contributed by atoms with E-state index in [-0.39, 0.29) is 12.5 Å². The molecule has 0 radical (unpaired) electrons. The molecule has 0 saturated heterocycles. The van der Waals surface area contributed by atoms with Crippen LogP contribution in [0.2, 0.25) is 0 Å². The Morgan fingerprint density at radius 1 is 1.17 bits per heavy atom. The van der Waals surface area contributed by atoms with E-state index in [1.54, 1.807) is 16.8 Å². The van der Waals surface area contributed by atoms with Crippen LogP contribution in [0.3, 0.4) is 0 Å². The van der Waals surface area contributed by atoms with Gasteiger partial charge in [-0.25, -0.2) is 4.52 Å². The summed E-state index contributed by atoms with van der Waals surface area (Å²) in [6.45, 7) is 4.12. The molecule has 29 heavy (non-hydrogen) atoms. The van der Waals surface area contributed by atoms with Crippen LogP contribution in [-0.2, 0) is 6.42 Å². The average molecular weight is 400 g/mol. The first kappa shape index (κ1) is 18.5. The number of nitrogens with one attached hydrogen (secondary N) is 1. The standard InChI is InChI=1S/C20H16N8S/c1-12(2)25-16-8-17(18-4-3-14-7-13(9-22)10-24-28(14)18)23-11-15(16)20-27-26-19(29-20)5-6-21/h3-4,7-8,10-12H,5H2,1-2H3,(H,23,25). The summed E-state index contributed by atoms with van der Waals surface area (Å²) in [7, 11) is 0. The minimum Gasteiger partial charge on any atom is -0.382 e. The number of hydrogen-bond acceptors (Lipinski definition) is 8. The molecule has 0 aliphatic rings. The van der Waals surface area contributed by atoms with Crippen molar-refractivity contribution in [3.05, 3.63) is 47.2 Å². The SMILES string of the molecule is CC(C)Nc1cc(-c2ccc3cc(C#N)cnn23)ncc1-c1nnc(CC#N)s1. The lowest BCUT2D eigenvalue weighted by Crippen LogP contribution is -2.11. The molecule has 4 aromatic heterocycles. The summed E-state index contributed by atoms with van der Waals surface area (Å²) in [5, 5.41) is 35.5. The van der Waals surface area contributed by atoms with E-state index in [2.05, 4.69) is 51.6 Å². The normalized spacial score (nSPS) is 10.8. The topological polar surface area (TPSA) is 116 Å². The monoisotopic (exact) mass is 400 g/mol. The predicted molar refractivity (Wildman–Crippen MR) is 110 cm³/mol. The van der Waals surface area contributed by atoms with E-state index in [0.717, 1.165) is 28.2 Å². The highest BCUT2D eigenvalue weighted by molar-refractivity contribution is 7.14. The van der Waals surface area contributed by atoms with Gasteiger partial charge in [0.05, 0.1) is 46.7 Å². The highest BCUT2D eigenvalue weighted by Gasteiger charge is 2.16. The van der Waals surface area contributed by atoms with Crippen molar-refractivity contribution in [2.75, 3.05) is 5.32 Å². The van der Waals surface area contributed by atoms with Gasteiger partial charge in [-0.3, -0.25) is 4.98 Å². The van der Waals surface area contributed by atoms with Gasteiger partial charge in [-0.1, -0.05) is 11.3 Å². The van der Waals surface area contributed by atoms with Gasteiger partial charge < -0.3 is 5.32 Å². The van der Waals surface area contributed by atoms with Crippen LogP contribution in [0.15, 0.2) is 36.7 Å². The number of anilines is 1. The van der Waals surface area contributed by atoms with E-state index >= 15 is 0 Å². The Morgan fingerprint density at radius 3 is 2.79 bits per heavy atom. The lowest BCUT2D eigenvalue weighted by atomic mass is 10.1. The average Bonchev–Trinajstić information content (AvgIpc) is 3.34. The van der Waals surface area contributed by atoms with E-state index in [9.17, 15) is 0 Å². The largest absolute Gasteiger partial charge is 0.382 e. The van der Waals surface area contributed by atoms with Gasteiger partial charge in [0.25, 0.3) is 0 Å². The van der Waals surface area contributed by atoms with Gasteiger partial charge in [0, 0.05) is 17.9 Å². The molecule has 0 aliphatic carbocycles. The van der Waals surface area contributed by atoms with E-state index in [4.69, 9.17) is 10.5 Å². The van der Waals surface area contributed by atoms with Gasteiger partial charge in [0.1, 0.15) is 11.1 Å². The Kier molecular flexibility index (Phi) is 4.90. The third-order valence-corrected chi connectivity index (χ3v) is 5.12. The van der Waals surface area contributed by atoms with Crippen LogP contribution in [0.1, 0.15) is 24.4 Å².